The zero-order valence-corrected chi connectivity index (χ0v) is 27.4. The van der Waals surface area contributed by atoms with Gasteiger partial charge in [-0.2, -0.15) is 0 Å². The molecular formula is C34H46ClNO4S. The molecule has 0 saturated heterocycles. The highest BCUT2D eigenvalue weighted by Gasteiger charge is 2.25. The average Bonchev–Trinajstić information content (AvgIpc) is 2.97. The Labute approximate surface area is 252 Å². The van der Waals surface area contributed by atoms with Crippen LogP contribution in [0.15, 0.2) is 65.6 Å². The van der Waals surface area contributed by atoms with E-state index >= 15 is 0 Å². The maximum absolute atomic E-state index is 13.5. The fourth-order valence-corrected chi connectivity index (χ4v) is 5.74. The molecule has 0 saturated carbocycles. The molecule has 3 aromatic carbocycles. The lowest BCUT2D eigenvalue weighted by molar-refractivity contribution is -0.120. The number of carbonyl (C=O) groups is 2. The fourth-order valence-electron chi connectivity index (χ4n) is 4.56. The van der Waals surface area contributed by atoms with Crippen molar-refractivity contribution in [1.29, 1.82) is 0 Å². The van der Waals surface area contributed by atoms with Crippen molar-refractivity contribution in [2.24, 2.45) is 0 Å². The number of nitrogens with one attached hydrogen (secondary N) is 1. The van der Waals surface area contributed by atoms with Crippen molar-refractivity contribution in [3.63, 3.8) is 0 Å². The van der Waals surface area contributed by atoms with E-state index in [-0.39, 0.29) is 23.5 Å². The Morgan fingerprint density at radius 1 is 0.878 bits per heavy atom. The number of sulfone groups is 1. The Hall–Kier alpha value is -2.96. The minimum atomic E-state index is -3.41. The Bertz CT molecular complexity index is 1390. The largest absolute Gasteiger partial charge is 0.342 e. The zero-order chi connectivity index (χ0) is 31.2. The molecule has 224 valence electrons. The van der Waals surface area contributed by atoms with Gasteiger partial charge >= 0.3 is 0 Å². The predicted molar refractivity (Wildman–Crippen MR) is 172 cm³/mol. The Balaban J connectivity index is 0.00000201. The second-order valence-corrected chi connectivity index (χ2v) is 11.7. The molecule has 0 aliphatic heterocycles. The molecule has 0 aliphatic rings. The topological polar surface area (TPSA) is 80.3 Å². The van der Waals surface area contributed by atoms with Gasteiger partial charge in [-0.1, -0.05) is 102 Å². The maximum atomic E-state index is 13.5. The molecule has 1 atom stereocenters. The number of rotatable bonds is 11. The van der Waals surface area contributed by atoms with Crippen LogP contribution in [0.25, 0.3) is 0 Å². The van der Waals surface area contributed by atoms with Crippen LogP contribution >= 0.6 is 11.6 Å². The molecule has 0 aromatic heterocycles. The summed E-state index contributed by atoms with van der Waals surface area (Å²) < 4.78 is 24.1. The second kappa shape index (κ2) is 17.8. The molecule has 0 spiro atoms. The van der Waals surface area contributed by atoms with Gasteiger partial charge in [0, 0.05) is 12.7 Å². The van der Waals surface area contributed by atoms with Gasteiger partial charge < -0.3 is 5.32 Å². The van der Waals surface area contributed by atoms with Gasteiger partial charge in [0.05, 0.1) is 21.5 Å². The van der Waals surface area contributed by atoms with Crippen LogP contribution in [-0.4, -0.2) is 32.4 Å². The Kier molecular flexibility index (Phi) is 15.6. The molecule has 0 bridgehead atoms. The average molecular weight is 600 g/mol. The van der Waals surface area contributed by atoms with E-state index in [1.54, 1.807) is 18.2 Å². The van der Waals surface area contributed by atoms with Crippen molar-refractivity contribution in [2.75, 3.05) is 6.26 Å². The van der Waals surface area contributed by atoms with Crippen molar-refractivity contribution >= 4 is 33.1 Å². The van der Waals surface area contributed by atoms with E-state index in [4.69, 9.17) is 11.6 Å². The van der Waals surface area contributed by atoms with Gasteiger partial charge in [0.2, 0.25) is 0 Å². The van der Waals surface area contributed by atoms with Gasteiger partial charge in [0.25, 0.3) is 5.91 Å². The molecule has 7 heteroatoms. The first-order valence-electron chi connectivity index (χ1n) is 14.5. The molecule has 0 fully saturated rings. The maximum Gasteiger partial charge on any atom is 0.253 e. The van der Waals surface area contributed by atoms with Crippen LogP contribution in [-0.2, 0) is 40.3 Å². The number of hydrogen-bond acceptors (Lipinski definition) is 4. The Morgan fingerprint density at radius 3 is 2.05 bits per heavy atom. The standard InChI is InChI=1S/C30H34ClNO4S.2C2H6/c1-5-23-17-20(3)28(29(31)25(23)6-2)30(34)32-26(27(33)16-15-21-11-8-7-9-12-21)19-22-13-10-14-24(18-22)37(4,35)36;2*1-2/h7-14,17-18,26H,5-6,15-16,19H2,1-4H3,(H,32,34);2*1-2H3. The quantitative estimate of drug-likeness (QED) is 0.244. The highest BCUT2D eigenvalue weighted by Crippen LogP contribution is 2.29. The highest BCUT2D eigenvalue weighted by atomic mass is 35.5. The van der Waals surface area contributed by atoms with Crippen molar-refractivity contribution < 1.29 is 18.0 Å². The van der Waals surface area contributed by atoms with Crippen molar-refractivity contribution in [3.05, 3.63) is 99.1 Å². The monoisotopic (exact) mass is 599 g/mol. The summed E-state index contributed by atoms with van der Waals surface area (Å²) in [5, 5.41) is 3.35. The molecule has 0 heterocycles. The van der Waals surface area contributed by atoms with E-state index in [2.05, 4.69) is 12.2 Å². The summed E-state index contributed by atoms with van der Waals surface area (Å²) in [5.41, 5.74) is 4.86. The first-order chi connectivity index (χ1) is 19.5. The molecular weight excluding hydrogens is 554 g/mol. The summed E-state index contributed by atoms with van der Waals surface area (Å²) in [4.78, 5) is 27.1. The molecule has 41 heavy (non-hydrogen) atoms. The number of ketones is 1. The molecule has 3 rings (SSSR count). The lowest BCUT2D eigenvalue weighted by Gasteiger charge is -2.21. The molecule has 1 amide bonds. The van der Waals surface area contributed by atoms with Gasteiger partial charge in [-0.15, -0.1) is 0 Å². The summed E-state index contributed by atoms with van der Waals surface area (Å²) in [6, 6.07) is 17.3. The van der Waals surface area contributed by atoms with Gasteiger partial charge in [0.1, 0.15) is 0 Å². The summed E-state index contributed by atoms with van der Waals surface area (Å²) in [6.45, 7) is 13.9. The number of benzene rings is 3. The highest BCUT2D eigenvalue weighted by molar-refractivity contribution is 7.90. The molecule has 1 N–H and O–H groups in total. The minimum Gasteiger partial charge on any atom is -0.342 e. The third kappa shape index (κ3) is 10.4. The number of Topliss-reactive ketones (excluding diaryl/α,β-unsaturated/α-hetero) is 1. The van der Waals surface area contributed by atoms with Gasteiger partial charge in [0.15, 0.2) is 15.6 Å². The van der Waals surface area contributed by atoms with Crippen LogP contribution in [0, 0.1) is 6.92 Å². The van der Waals surface area contributed by atoms with Crippen LogP contribution < -0.4 is 5.32 Å². The number of hydrogen-bond donors (Lipinski definition) is 1. The smallest absolute Gasteiger partial charge is 0.253 e. The van der Waals surface area contributed by atoms with E-state index in [9.17, 15) is 18.0 Å². The summed E-state index contributed by atoms with van der Waals surface area (Å²) >= 11 is 6.72. The van der Waals surface area contributed by atoms with E-state index in [1.807, 2.05) is 77.9 Å². The second-order valence-electron chi connectivity index (χ2n) is 9.33. The summed E-state index contributed by atoms with van der Waals surface area (Å²) in [7, 11) is -3.41. The third-order valence-corrected chi connectivity index (χ3v) is 8.11. The van der Waals surface area contributed by atoms with E-state index < -0.39 is 21.8 Å². The number of halogens is 1. The number of amides is 1. The van der Waals surface area contributed by atoms with Crippen LogP contribution in [0.2, 0.25) is 5.02 Å². The fraction of sp³-hybridized carbons (Fsp3) is 0.412. The molecule has 5 nitrogen and oxygen atoms in total. The van der Waals surface area contributed by atoms with Gasteiger partial charge in [-0.25, -0.2) is 8.42 Å². The van der Waals surface area contributed by atoms with Crippen LogP contribution in [0.3, 0.4) is 0 Å². The zero-order valence-electron chi connectivity index (χ0n) is 25.8. The predicted octanol–water partition coefficient (Wildman–Crippen LogP) is 7.77. The SMILES string of the molecule is CC.CC.CCc1cc(C)c(C(=O)NC(Cc2cccc(S(C)(=O)=O)c2)C(=O)CCc2ccccc2)c(Cl)c1CC. The van der Waals surface area contributed by atoms with Crippen LogP contribution in [0.4, 0.5) is 0 Å². The summed E-state index contributed by atoms with van der Waals surface area (Å²) in [6.07, 6.45) is 3.60. The van der Waals surface area contributed by atoms with Gasteiger partial charge in [-0.3, -0.25) is 9.59 Å². The summed E-state index contributed by atoms with van der Waals surface area (Å²) in [5.74, 6) is -0.534. The van der Waals surface area contributed by atoms with Gasteiger partial charge in [-0.05, 0) is 72.6 Å². The normalized spacial score (nSPS) is 11.3. The van der Waals surface area contributed by atoms with Crippen molar-refractivity contribution in [1.82, 2.24) is 5.32 Å². The lowest BCUT2D eigenvalue weighted by atomic mass is 9.94. The number of carbonyl (C=O) groups excluding carboxylic acids is 2. The first-order valence-corrected chi connectivity index (χ1v) is 16.8. The molecule has 0 aliphatic carbocycles. The Morgan fingerprint density at radius 2 is 1.49 bits per heavy atom. The van der Waals surface area contributed by atoms with Crippen LogP contribution in [0.5, 0.6) is 0 Å². The third-order valence-electron chi connectivity index (χ3n) is 6.58. The molecule has 3 aromatic rings. The number of aryl methyl sites for hydroxylation is 3. The van der Waals surface area contributed by atoms with E-state index in [1.165, 1.54) is 6.07 Å². The van der Waals surface area contributed by atoms with E-state index in [0.717, 1.165) is 34.9 Å². The van der Waals surface area contributed by atoms with Crippen molar-refractivity contribution in [3.8, 4) is 0 Å². The van der Waals surface area contributed by atoms with Crippen molar-refractivity contribution in [2.45, 2.75) is 91.5 Å². The molecule has 0 radical (unpaired) electrons. The minimum absolute atomic E-state index is 0.128. The lowest BCUT2D eigenvalue weighted by Crippen LogP contribution is -2.43. The van der Waals surface area contributed by atoms with Crippen LogP contribution in [0.1, 0.15) is 86.1 Å². The molecule has 1 unspecified atom stereocenters. The van der Waals surface area contributed by atoms with E-state index in [0.29, 0.717) is 29.0 Å². The first kappa shape index (κ1) is 36.1.